The molecule has 0 bridgehead atoms. The Kier molecular flexibility index (Phi) is 5.65. The fraction of sp³-hybridized carbons (Fsp3) is 0.300. The summed E-state index contributed by atoms with van der Waals surface area (Å²) in [5, 5.41) is 7.05. The Labute approximate surface area is 152 Å². The third-order valence-corrected chi connectivity index (χ3v) is 4.57. The Morgan fingerprint density at radius 2 is 1.08 bits per heavy atom. The number of rotatable bonds is 4. The number of carbonyl (C=O) groups excluding carboxylic acids is 2. The number of benzene rings is 2. The molecule has 1 saturated heterocycles. The number of carbonyl (C=O) groups is 2. The Morgan fingerprint density at radius 1 is 0.731 bits per heavy atom. The zero-order chi connectivity index (χ0) is 18.5. The highest BCUT2D eigenvalue weighted by molar-refractivity contribution is 5.89. The molecule has 0 amide bonds. The van der Waals surface area contributed by atoms with Gasteiger partial charge in [-0.15, -0.1) is 0 Å². The minimum absolute atomic E-state index is 0.0550. The van der Waals surface area contributed by atoms with Crippen LogP contribution in [-0.4, -0.2) is 39.2 Å². The van der Waals surface area contributed by atoms with Gasteiger partial charge in [0.05, 0.1) is 37.4 Å². The molecular weight excluding hydrogens is 332 g/mol. The quantitative estimate of drug-likeness (QED) is 0.820. The summed E-state index contributed by atoms with van der Waals surface area (Å²) in [6, 6.07) is 14.9. The molecule has 1 aliphatic heterocycles. The summed E-state index contributed by atoms with van der Waals surface area (Å²) in [5.74, 6) is -0.692. The largest absolute Gasteiger partial charge is 0.465 e. The lowest BCUT2D eigenvalue weighted by Gasteiger charge is -2.34. The summed E-state index contributed by atoms with van der Waals surface area (Å²) in [5.41, 5.74) is 3.21. The zero-order valence-corrected chi connectivity index (χ0v) is 14.8. The normalized spacial score (nSPS) is 19.6. The van der Waals surface area contributed by atoms with Crippen LogP contribution in [0.4, 0.5) is 0 Å². The molecule has 1 heterocycles. The number of hydrogen-bond acceptors (Lipinski definition) is 6. The van der Waals surface area contributed by atoms with Crippen LogP contribution in [0.15, 0.2) is 48.5 Å². The fourth-order valence-corrected chi connectivity index (χ4v) is 3.20. The fourth-order valence-electron chi connectivity index (χ4n) is 3.20. The highest BCUT2D eigenvalue weighted by Crippen LogP contribution is 2.31. The van der Waals surface area contributed by atoms with Crippen molar-refractivity contribution < 1.29 is 19.1 Å². The van der Waals surface area contributed by atoms with E-state index in [9.17, 15) is 9.59 Å². The van der Waals surface area contributed by atoms with Gasteiger partial charge < -0.3 is 20.1 Å². The van der Waals surface area contributed by atoms with E-state index in [4.69, 9.17) is 9.47 Å². The third kappa shape index (κ3) is 3.76. The molecule has 1 fully saturated rings. The lowest BCUT2D eigenvalue weighted by atomic mass is 9.91. The number of esters is 2. The maximum absolute atomic E-state index is 11.6. The van der Waals surface area contributed by atoms with Crippen LogP contribution in [0.1, 0.15) is 43.9 Å². The van der Waals surface area contributed by atoms with E-state index >= 15 is 0 Å². The minimum atomic E-state index is -0.346. The van der Waals surface area contributed by atoms with Gasteiger partial charge in [0.25, 0.3) is 0 Å². The first-order valence-corrected chi connectivity index (χ1v) is 8.47. The van der Waals surface area contributed by atoms with E-state index in [2.05, 4.69) is 10.6 Å². The highest BCUT2D eigenvalue weighted by atomic mass is 16.5. The van der Waals surface area contributed by atoms with E-state index in [0.29, 0.717) is 11.1 Å². The molecule has 2 aromatic rings. The van der Waals surface area contributed by atoms with Crippen molar-refractivity contribution in [2.45, 2.75) is 12.1 Å². The summed E-state index contributed by atoms with van der Waals surface area (Å²) in [6.45, 7) is 1.69. The van der Waals surface area contributed by atoms with Crippen LogP contribution in [0.3, 0.4) is 0 Å². The first kappa shape index (κ1) is 18.1. The van der Waals surface area contributed by atoms with E-state index in [-0.39, 0.29) is 24.0 Å². The average molecular weight is 354 g/mol. The Hall–Kier alpha value is -2.70. The van der Waals surface area contributed by atoms with Crippen LogP contribution in [0, 0.1) is 0 Å². The standard InChI is InChI=1S/C20H22N2O4/c1-25-19(23)15-7-3-13(4-8-15)17-18(22-12-11-21-17)14-5-9-16(10-6-14)20(24)26-2/h3-10,17-18,21-22H,11-12H2,1-2H3/t17-,18-/m1/s1. The summed E-state index contributed by atoms with van der Waals surface area (Å²) in [7, 11) is 2.74. The second kappa shape index (κ2) is 8.12. The van der Waals surface area contributed by atoms with Crippen molar-refractivity contribution in [2.24, 2.45) is 0 Å². The van der Waals surface area contributed by atoms with E-state index in [1.807, 2.05) is 24.3 Å². The lowest BCUT2D eigenvalue weighted by Crippen LogP contribution is -2.45. The van der Waals surface area contributed by atoms with Gasteiger partial charge in [0, 0.05) is 13.1 Å². The predicted octanol–water partition coefficient (Wildman–Crippen LogP) is 2.24. The monoisotopic (exact) mass is 354 g/mol. The van der Waals surface area contributed by atoms with Crippen molar-refractivity contribution in [3.63, 3.8) is 0 Å². The SMILES string of the molecule is COC(=O)c1ccc([C@H]2NCCN[C@@H]2c2ccc(C(=O)OC)cc2)cc1. The van der Waals surface area contributed by atoms with Crippen LogP contribution in [0.5, 0.6) is 0 Å². The first-order chi connectivity index (χ1) is 12.6. The van der Waals surface area contributed by atoms with Gasteiger partial charge in [0.2, 0.25) is 0 Å². The predicted molar refractivity (Wildman–Crippen MR) is 97.1 cm³/mol. The average Bonchev–Trinajstić information content (AvgIpc) is 2.73. The Morgan fingerprint density at radius 3 is 1.38 bits per heavy atom. The summed E-state index contributed by atoms with van der Waals surface area (Å²) >= 11 is 0. The summed E-state index contributed by atoms with van der Waals surface area (Å²) in [6.07, 6.45) is 0. The highest BCUT2D eigenvalue weighted by Gasteiger charge is 2.27. The topological polar surface area (TPSA) is 76.7 Å². The molecule has 26 heavy (non-hydrogen) atoms. The Balaban J connectivity index is 1.83. The second-order valence-electron chi connectivity index (χ2n) is 6.09. The molecule has 0 saturated carbocycles. The number of piperazine rings is 1. The summed E-state index contributed by atoms with van der Waals surface area (Å²) < 4.78 is 9.49. The molecule has 2 aromatic carbocycles. The maximum Gasteiger partial charge on any atom is 0.337 e. The molecule has 0 unspecified atom stereocenters. The van der Waals surface area contributed by atoms with E-state index in [0.717, 1.165) is 24.2 Å². The van der Waals surface area contributed by atoms with Gasteiger partial charge in [-0.1, -0.05) is 24.3 Å². The summed E-state index contributed by atoms with van der Waals surface area (Å²) in [4.78, 5) is 23.2. The zero-order valence-electron chi connectivity index (χ0n) is 14.8. The van der Waals surface area contributed by atoms with Crippen molar-refractivity contribution in [3.05, 3.63) is 70.8 Å². The van der Waals surface area contributed by atoms with Crippen molar-refractivity contribution >= 4 is 11.9 Å². The molecule has 0 aromatic heterocycles. The minimum Gasteiger partial charge on any atom is -0.465 e. The molecule has 2 N–H and O–H groups in total. The molecule has 6 heteroatoms. The lowest BCUT2D eigenvalue weighted by molar-refractivity contribution is 0.0591. The number of methoxy groups -OCH3 is 2. The number of nitrogens with one attached hydrogen (secondary N) is 2. The van der Waals surface area contributed by atoms with Crippen LogP contribution < -0.4 is 10.6 Å². The van der Waals surface area contributed by atoms with Crippen LogP contribution in [0.2, 0.25) is 0 Å². The third-order valence-electron chi connectivity index (χ3n) is 4.57. The molecule has 136 valence electrons. The molecular formula is C20H22N2O4. The maximum atomic E-state index is 11.6. The van der Waals surface area contributed by atoms with Crippen LogP contribution in [-0.2, 0) is 9.47 Å². The van der Waals surface area contributed by atoms with Crippen LogP contribution in [0.25, 0.3) is 0 Å². The van der Waals surface area contributed by atoms with E-state index < -0.39 is 0 Å². The molecule has 3 rings (SSSR count). The molecule has 0 spiro atoms. The van der Waals surface area contributed by atoms with Gasteiger partial charge in [0.1, 0.15) is 0 Å². The molecule has 0 aliphatic carbocycles. The van der Waals surface area contributed by atoms with Gasteiger partial charge >= 0.3 is 11.9 Å². The first-order valence-electron chi connectivity index (χ1n) is 8.47. The van der Waals surface area contributed by atoms with E-state index in [1.165, 1.54) is 14.2 Å². The number of ether oxygens (including phenoxy) is 2. The van der Waals surface area contributed by atoms with Crippen LogP contribution >= 0.6 is 0 Å². The van der Waals surface area contributed by atoms with E-state index in [1.54, 1.807) is 24.3 Å². The van der Waals surface area contributed by atoms with Gasteiger partial charge in [-0.2, -0.15) is 0 Å². The number of hydrogen-bond donors (Lipinski definition) is 2. The molecule has 0 radical (unpaired) electrons. The van der Waals surface area contributed by atoms with Crippen molar-refractivity contribution in [1.82, 2.24) is 10.6 Å². The van der Waals surface area contributed by atoms with Gasteiger partial charge in [0.15, 0.2) is 0 Å². The van der Waals surface area contributed by atoms with Crippen molar-refractivity contribution in [1.29, 1.82) is 0 Å². The van der Waals surface area contributed by atoms with Crippen molar-refractivity contribution in [2.75, 3.05) is 27.3 Å². The van der Waals surface area contributed by atoms with Gasteiger partial charge in [-0.3, -0.25) is 0 Å². The molecule has 2 atom stereocenters. The second-order valence-corrected chi connectivity index (χ2v) is 6.09. The Bertz CT molecular complexity index is 704. The van der Waals surface area contributed by atoms with Gasteiger partial charge in [-0.25, -0.2) is 9.59 Å². The van der Waals surface area contributed by atoms with Crippen molar-refractivity contribution in [3.8, 4) is 0 Å². The molecule has 6 nitrogen and oxygen atoms in total. The smallest absolute Gasteiger partial charge is 0.337 e. The van der Waals surface area contributed by atoms with Gasteiger partial charge in [-0.05, 0) is 35.4 Å². The molecule has 1 aliphatic rings.